The van der Waals surface area contributed by atoms with Crippen LogP contribution in [0, 0.1) is 18.3 Å². The lowest BCUT2D eigenvalue weighted by Crippen LogP contribution is -2.58. The highest BCUT2D eigenvalue weighted by molar-refractivity contribution is 5.97. The lowest BCUT2D eigenvalue weighted by atomic mass is 9.75. The number of aromatic nitrogens is 2. The molecule has 6 rings (SSSR count). The van der Waals surface area contributed by atoms with Crippen LogP contribution in [0.4, 0.5) is 0 Å². The molecule has 0 unspecified atom stereocenters. The third-order valence-electron chi connectivity index (χ3n) is 9.15. The van der Waals surface area contributed by atoms with Gasteiger partial charge in [-0.1, -0.05) is 42.5 Å². The Hall–Kier alpha value is -3.98. The standard InChI is InChI=1S/C33H39N5O4/c1-22-34-27-11-10-24(20-28(27)35-22)31(40)38-16-12-26-25(21-38)9-5-6-13-33(14-17-42-18-15-33)32(41)37-29(30(39)36-26)19-23-7-3-2-4-8-23/h2-8,10-11,20,25-26,29H,9,12-19,21H2,1H3,(H,34,35)(H,36,39)(H,37,41)/b6-5+/t25-,26+,29+/m1/s1. The van der Waals surface area contributed by atoms with Crippen molar-refractivity contribution in [3.05, 3.63) is 77.6 Å². The number of amides is 3. The van der Waals surface area contributed by atoms with E-state index in [0.717, 1.165) is 22.4 Å². The van der Waals surface area contributed by atoms with Crippen LogP contribution >= 0.6 is 0 Å². The van der Waals surface area contributed by atoms with Gasteiger partial charge in [0.25, 0.3) is 5.91 Å². The van der Waals surface area contributed by atoms with E-state index in [1.807, 2.05) is 60.4 Å². The van der Waals surface area contributed by atoms with E-state index >= 15 is 0 Å². The molecule has 3 aliphatic heterocycles. The van der Waals surface area contributed by atoms with Crippen LogP contribution in [0.5, 0.6) is 0 Å². The van der Waals surface area contributed by atoms with Gasteiger partial charge in [0.15, 0.2) is 0 Å². The first-order valence-corrected chi connectivity index (χ1v) is 15.0. The summed E-state index contributed by atoms with van der Waals surface area (Å²) >= 11 is 0. The van der Waals surface area contributed by atoms with Gasteiger partial charge in [-0.05, 0) is 62.8 Å². The molecule has 2 saturated heterocycles. The molecule has 0 bridgehead atoms. The number of carbonyl (C=O) groups excluding carboxylic acids is 3. The number of ether oxygens (including phenoxy) is 1. The fraction of sp³-hybridized carbons (Fsp3) is 0.455. The fourth-order valence-corrected chi connectivity index (χ4v) is 6.62. The van der Waals surface area contributed by atoms with E-state index < -0.39 is 11.5 Å². The molecule has 0 saturated carbocycles. The summed E-state index contributed by atoms with van der Waals surface area (Å²) in [6.45, 7) is 4.05. The quantitative estimate of drug-likeness (QED) is 0.416. The number of nitrogens with zero attached hydrogens (tertiary/aromatic N) is 2. The fourth-order valence-electron chi connectivity index (χ4n) is 6.62. The molecule has 3 aliphatic rings. The van der Waals surface area contributed by atoms with E-state index in [0.29, 0.717) is 70.4 Å². The molecule has 3 N–H and O–H groups in total. The van der Waals surface area contributed by atoms with Crippen molar-refractivity contribution in [2.75, 3.05) is 26.3 Å². The number of aromatic amines is 1. The number of fused-ring (bicyclic) bond motifs is 2. The summed E-state index contributed by atoms with van der Waals surface area (Å²) in [7, 11) is 0. The first kappa shape index (κ1) is 28.2. The van der Waals surface area contributed by atoms with Crippen molar-refractivity contribution >= 4 is 28.8 Å². The second-order valence-electron chi connectivity index (χ2n) is 12.0. The number of benzene rings is 2. The second kappa shape index (κ2) is 12.1. The number of nitrogens with one attached hydrogen (secondary N) is 3. The van der Waals surface area contributed by atoms with Gasteiger partial charge in [0, 0.05) is 50.2 Å². The minimum Gasteiger partial charge on any atom is -0.381 e. The van der Waals surface area contributed by atoms with Crippen LogP contribution in [-0.4, -0.2) is 71.0 Å². The highest BCUT2D eigenvalue weighted by Crippen LogP contribution is 2.36. The molecule has 1 spiro atoms. The molecule has 0 aliphatic carbocycles. The maximum Gasteiger partial charge on any atom is 0.253 e. The van der Waals surface area contributed by atoms with Crippen LogP contribution in [0.15, 0.2) is 60.7 Å². The molecule has 0 radical (unpaired) electrons. The smallest absolute Gasteiger partial charge is 0.253 e. The molecule has 1 aromatic heterocycles. The van der Waals surface area contributed by atoms with Gasteiger partial charge in [0.1, 0.15) is 11.9 Å². The van der Waals surface area contributed by atoms with Crippen LogP contribution in [0.3, 0.4) is 0 Å². The molecule has 220 valence electrons. The molecule has 9 nitrogen and oxygen atoms in total. The molecule has 2 aromatic carbocycles. The Labute approximate surface area is 246 Å². The average Bonchev–Trinajstić information content (AvgIpc) is 3.39. The van der Waals surface area contributed by atoms with Crippen molar-refractivity contribution in [2.24, 2.45) is 11.3 Å². The summed E-state index contributed by atoms with van der Waals surface area (Å²) in [5.41, 5.74) is 2.72. The van der Waals surface area contributed by atoms with E-state index in [-0.39, 0.29) is 29.7 Å². The molecule has 42 heavy (non-hydrogen) atoms. The number of allylic oxidation sites excluding steroid dienone is 2. The number of hydrogen-bond acceptors (Lipinski definition) is 5. The molecule has 3 amide bonds. The zero-order chi connectivity index (χ0) is 29.1. The predicted molar refractivity (Wildman–Crippen MR) is 160 cm³/mol. The number of rotatable bonds is 3. The maximum atomic E-state index is 13.8. The summed E-state index contributed by atoms with van der Waals surface area (Å²) in [6.07, 6.45) is 7.87. The Bertz CT molecular complexity index is 1480. The number of likely N-dealkylation sites (tertiary alicyclic amines) is 1. The number of aryl methyl sites for hydroxylation is 1. The number of hydrogen-bond donors (Lipinski definition) is 3. The maximum absolute atomic E-state index is 13.8. The number of H-pyrrole nitrogens is 1. The van der Waals surface area contributed by atoms with Crippen LogP contribution in [-0.2, 0) is 20.7 Å². The Kier molecular flexibility index (Phi) is 8.11. The largest absolute Gasteiger partial charge is 0.381 e. The predicted octanol–water partition coefficient (Wildman–Crippen LogP) is 3.69. The van der Waals surface area contributed by atoms with Gasteiger partial charge in [-0.2, -0.15) is 0 Å². The van der Waals surface area contributed by atoms with Gasteiger partial charge in [0.05, 0.1) is 16.4 Å². The Balaban J connectivity index is 1.24. The Morgan fingerprint density at radius 3 is 2.69 bits per heavy atom. The van der Waals surface area contributed by atoms with Gasteiger partial charge in [-0.3, -0.25) is 14.4 Å². The van der Waals surface area contributed by atoms with Crippen LogP contribution < -0.4 is 10.6 Å². The molecule has 4 heterocycles. The summed E-state index contributed by atoms with van der Waals surface area (Å²) in [4.78, 5) is 50.7. The zero-order valence-electron chi connectivity index (χ0n) is 24.1. The molecule has 3 aromatic rings. The van der Waals surface area contributed by atoms with Crippen molar-refractivity contribution in [1.82, 2.24) is 25.5 Å². The van der Waals surface area contributed by atoms with E-state index in [2.05, 4.69) is 32.8 Å². The minimum atomic E-state index is -0.687. The SMILES string of the molecule is Cc1nc2ccc(C(=O)N3CC[C@@H]4NC(=O)[C@H](Cc5ccccc5)NC(=O)C5(C/C=C/C[C@@H]4C3)CCOCC5)cc2[nH]1. The van der Waals surface area contributed by atoms with Crippen molar-refractivity contribution in [1.29, 1.82) is 0 Å². The van der Waals surface area contributed by atoms with Crippen LogP contribution in [0.1, 0.15) is 53.8 Å². The van der Waals surface area contributed by atoms with Crippen molar-refractivity contribution in [3.63, 3.8) is 0 Å². The highest BCUT2D eigenvalue weighted by atomic mass is 16.5. The summed E-state index contributed by atoms with van der Waals surface area (Å²) in [5, 5.41) is 6.42. The Morgan fingerprint density at radius 1 is 1.07 bits per heavy atom. The molecule has 2 fully saturated rings. The van der Waals surface area contributed by atoms with Crippen LogP contribution in [0.25, 0.3) is 11.0 Å². The van der Waals surface area contributed by atoms with Gasteiger partial charge >= 0.3 is 0 Å². The van der Waals surface area contributed by atoms with E-state index in [4.69, 9.17) is 4.74 Å². The van der Waals surface area contributed by atoms with E-state index in [1.165, 1.54) is 0 Å². The number of carbonyl (C=O) groups is 3. The van der Waals surface area contributed by atoms with Gasteiger partial charge < -0.3 is 25.3 Å². The topological polar surface area (TPSA) is 116 Å². The Morgan fingerprint density at radius 2 is 1.88 bits per heavy atom. The monoisotopic (exact) mass is 569 g/mol. The third-order valence-corrected chi connectivity index (χ3v) is 9.15. The first-order valence-electron chi connectivity index (χ1n) is 15.0. The normalized spacial score (nSPS) is 25.5. The molecule has 3 atom stereocenters. The van der Waals surface area contributed by atoms with E-state index in [1.54, 1.807) is 0 Å². The average molecular weight is 570 g/mol. The second-order valence-corrected chi connectivity index (χ2v) is 12.0. The summed E-state index contributed by atoms with van der Waals surface area (Å²) in [6, 6.07) is 14.6. The number of piperidine rings is 1. The highest BCUT2D eigenvalue weighted by Gasteiger charge is 2.41. The zero-order valence-corrected chi connectivity index (χ0v) is 24.1. The number of imidazole rings is 1. The van der Waals surface area contributed by atoms with E-state index in [9.17, 15) is 14.4 Å². The van der Waals surface area contributed by atoms with Crippen molar-refractivity contribution in [2.45, 2.75) is 57.5 Å². The van der Waals surface area contributed by atoms with Gasteiger partial charge in [-0.15, -0.1) is 0 Å². The van der Waals surface area contributed by atoms with Crippen molar-refractivity contribution < 1.29 is 19.1 Å². The summed E-state index contributed by atoms with van der Waals surface area (Å²) in [5.74, 6) is 0.608. The van der Waals surface area contributed by atoms with Crippen LogP contribution in [0.2, 0.25) is 0 Å². The van der Waals surface area contributed by atoms with Gasteiger partial charge in [0.2, 0.25) is 11.8 Å². The van der Waals surface area contributed by atoms with Crippen molar-refractivity contribution in [3.8, 4) is 0 Å². The third kappa shape index (κ3) is 5.97. The first-order chi connectivity index (χ1) is 20.4. The summed E-state index contributed by atoms with van der Waals surface area (Å²) < 4.78 is 5.60. The minimum absolute atomic E-state index is 0.0144. The molecular weight excluding hydrogens is 530 g/mol. The molecule has 9 heteroatoms. The molecular formula is C33H39N5O4. The lowest BCUT2D eigenvalue weighted by Gasteiger charge is -2.40. The lowest BCUT2D eigenvalue weighted by molar-refractivity contribution is -0.140. The van der Waals surface area contributed by atoms with Gasteiger partial charge in [-0.25, -0.2) is 4.98 Å².